The minimum atomic E-state index is 0. The van der Waals surface area contributed by atoms with Crippen LogP contribution in [0.4, 0.5) is 0 Å². The van der Waals surface area contributed by atoms with Crippen LogP contribution in [0.5, 0.6) is 0 Å². The van der Waals surface area contributed by atoms with Crippen LogP contribution in [0, 0.1) is 41.4 Å². The molecule has 3 aliphatic carbocycles. The van der Waals surface area contributed by atoms with Gasteiger partial charge in [-0.2, -0.15) is 12.6 Å². The maximum Gasteiger partial charge on any atom is 0.0227 e. The number of allylic oxidation sites excluding steroid dienone is 5. The average molecular weight is 813 g/mol. The lowest BCUT2D eigenvalue weighted by Crippen LogP contribution is -2.17. The summed E-state index contributed by atoms with van der Waals surface area (Å²) in [6, 6.07) is 10.5. The van der Waals surface area contributed by atoms with Crippen LogP contribution in [0.1, 0.15) is 205 Å². The van der Waals surface area contributed by atoms with Gasteiger partial charge in [-0.15, -0.1) is 19.7 Å². The van der Waals surface area contributed by atoms with Gasteiger partial charge in [0.2, 0.25) is 0 Å². The molecule has 336 valence electrons. The molecule has 6 unspecified atom stereocenters. The lowest BCUT2D eigenvalue weighted by atomic mass is 9.78. The van der Waals surface area contributed by atoms with E-state index in [0.717, 1.165) is 67.2 Å². The van der Waals surface area contributed by atoms with Crippen molar-refractivity contribution in [1.29, 1.82) is 0 Å². The molecule has 3 aliphatic rings. The minimum absolute atomic E-state index is 0. The standard InChI is InChI=1S/C25H44S.C10H18.C9H13N.C4H8.3C2H6.CH4/c1-3-20-9-5-4-8-19(2)18-23-17-15-21(24(23)12-6-10-20)14-16-22-11-7-13-25(22)26;1-5-7-10(8-6-2)9(3)4;1-10(2)8-9-6-4-3-5-7-9;1-3-4-2;3*1-2;/h17,19-22,24-26H,3-16,18H2,1-2H3;5-6,9-10H,1-2,7-8H2,3-4H3;3-7H,8H2,1-2H3;3H,1,4H2,2H3;3*1-2H3;1H4. The van der Waals surface area contributed by atoms with Gasteiger partial charge in [-0.05, 0) is 125 Å². The maximum absolute atomic E-state index is 4.86. The highest BCUT2D eigenvalue weighted by Crippen LogP contribution is 2.44. The monoisotopic (exact) mass is 812 g/mol. The van der Waals surface area contributed by atoms with Gasteiger partial charge in [0.25, 0.3) is 0 Å². The van der Waals surface area contributed by atoms with E-state index < -0.39 is 0 Å². The molecule has 0 N–H and O–H groups in total. The molecule has 4 rings (SSSR count). The lowest BCUT2D eigenvalue weighted by Gasteiger charge is -2.28. The second-order valence-corrected chi connectivity index (χ2v) is 17.2. The van der Waals surface area contributed by atoms with E-state index >= 15 is 0 Å². The zero-order valence-electron chi connectivity index (χ0n) is 40.3. The molecule has 1 aromatic carbocycles. The molecule has 57 heavy (non-hydrogen) atoms. The Hall–Kier alpha value is -1.51. The molecule has 0 bridgehead atoms. The smallest absolute Gasteiger partial charge is 0.0227 e. The molecular weight excluding hydrogens is 707 g/mol. The molecule has 2 saturated carbocycles. The number of hydrogen-bond acceptors (Lipinski definition) is 2. The van der Waals surface area contributed by atoms with Crippen LogP contribution < -0.4 is 0 Å². The number of hydrogen-bond donors (Lipinski definition) is 1. The topological polar surface area (TPSA) is 3.24 Å². The van der Waals surface area contributed by atoms with Gasteiger partial charge in [-0.1, -0.05) is 195 Å². The summed E-state index contributed by atoms with van der Waals surface area (Å²) in [4.78, 5) is 2.16. The van der Waals surface area contributed by atoms with Crippen molar-refractivity contribution in [2.45, 2.75) is 211 Å². The Kier molecular flexibility index (Phi) is 48.0. The van der Waals surface area contributed by atoms with E-state index in [9.17, 15) is 0 Å². The molecule has 0 amide bonds. The normalized spacial score (nSPS) is 22.5. The third-order valence-electron chi connectivity index (χ3n) is 11.6. The Morgan fingerprint density at radius 3 is 1.74 bits per heavy atom. The number of rotatable bonds is 12. The van der Waals surface area contributed by atoms with Crippen molar-refractivity contribution in [3.05, 3.63) is 85.5 Å². The minimum Gasteiger partial charge on any atom is -0.305 e. The number of nitrogens with zero attached hydrogens (tertiary/aromatic N) is 1. The zero-order valence-corrected chi connectivity index (χ0v) is 41.2. The van der Waals surface area contributed by atoms with Crippen LogP contribution in [0.15, 0.2) is 79.9 Å². The van der Waals surface area contributed by atoms with E-state index in [1.54, 1.807) is 0 Å². The van der Waals surface area contributed by atoms with E-state index in [4.69, 9.17) is 12.6 Å². The Bertz CT molecular complexity index is 999. The Morgan fingerprint density at radius 1 is 0.737 bits per heavy atom. The molecule has 0 spiro atoms. The SMILES string of the molecule is C.C=CCC.C=CCC(CC=C)C(C)C.CC.CC.CC.CCC1CCCCC(C)CC2=CCC(CCC3CCCC3S)C2CCC1.CN(C)Cc1ccccc1. The van der Waals surface area contributed by atoms with E-state index in [0.29, 0.717) is 5.25 Å². The summed E-state index contributed by atoms with van der Waals surface area (Å²) < 4.78 is 0. The fourth-order valence-corrected chi connectivity index (χ4v) is 8.79. The van der Waals surface area contributed by atoms with Gasteiger partial charge in [0.15, 0.2) is 0 Å². The predicted molar refractivity (Wildman–Crippen MR) is 272 cm³/mol. The lowest BCUT2D eigenvalue weighted by molar-refractivity contribution is 0.294. The first-order chi connectivity index (χ1) is 27.1. The van der Waals surface area contributed by atoms with Crippen molar-refractivity contribution in [3.63, 3.8) is 0 Å². The Balaban J connectivity index is -0.000000376. The molecule has 1 nitrogen and oxygen atoms in total. The van der Waals surface area contributed by atoms with Crippen molar-refractivity contribution in [3.8, 4) is 0 Å². The van der Waals surface area contributed by atoms with Crippen molar-refractivity contribution in [2.75, 3.05) is 14.1 Å². The number of benzene rings is 1. The van der Waals surface area contributed by atoms with Gasteiger partial charge in [0.1, 0.15) is 0 Å². The number of fused-ring (bicyclic) bond motifs is 1. The van der Waals surface area contributed by atoms with Crippen LogP contribution >= 0.6 is 12.6 Å². The van der Waals surface area contributed by atoms with Gasteiger partial charge >= 0.3 is 0 Å². The molecule has 0 aliphatic heterocycles. The van der Waals surface area contributed by atoms with Crippen molar-refractivity contribution in [1.82, 2.24) is 4.90 Å². The van der Waals surface area contributed by atoms with Gasteiger partial charge in [-0.25, -0.2) is 0 Å². The highest BCUT2D eigenvalue weighted by atomic mass is 32.1. The quantitative estimate of drug-likeness (QED) is 0.163. The van der Waals surface area contributed by atoms with Crippen LogP contribution in [0.3, 0.4) is 0 Å². The summed E-state index contributed by atoms with van der Waals surface area (Å²) in [5.41, 5.74) is 3.23. The summed E-state index contributed by atoms with van der Waals surface area (Å²) >= 11 is 4.86. The number of thiol groups is 1. The van der Waals surface area contributed by atoms with Crippen molar-refractivity contribution < 1.29 is 0 Å². The molecular formula is C55H105NS. The second-order valence-electron chi connectivity index (χ2n) is 16.5. The summed E-state index contributed by atoms with van der Waals surface area (Å²) in [6.45, 7) is 35.5. The summed E-state index contributed by atoms with van der Waals surface area (Å²) in [7, 11) is 4.15. The van der Waals surface area contributed by atoms with Crippen LogP contribution in [0.25, 0.3) is 0 Å². The molecule has 2 heteroatoms. The van der Waals surface area contributed by atoms with E-state index in [1.165, 1.54) is 102 Å². The largest absolute Gasteiger partial charge is 0.305 e. The Morgan fingerprint density at radius 2 is 1.26 bits per heavy atom. The van der Waals surface area contributed by atoms with E-state index in [1.807, 2.05) is 71.4 Å². The van der Waals surface area contributed by atoms with Crippen molar-refractivity contribution >= 4 is 12.6 Å². The zero-order chi connectivity index (χ0) is 43.1. The van der Waals surface area contributed by atoms with Gasteiger partial charge in [0, 0.05) is 11.8 Å². The fourth-order valence-electron chi connectivity index (χ4n) is 8.30. The fraction of sp³-hybridized carbons (Fsp3) is 0.745. The third-order valence-corrected chi connectivity index (χ3v) is 12.3. The molecule has 0 radical (unpaired) electrons. The summed E-state index contributed by atoms with van der Waals surface area (Å²) in [6.07, 6.45) is 33.5. The van der Waals surface area contributed by atoms with Gasteiger partial charge in [-0.3, -0.25) is 0 Å². The molecule has 0 saturated heterocycles. The Labute approximate surface area is 367 Å². The first kappa shape index (κ1) is 62.1. The maximum atomic E-state index is 4.86. The van der Waals surface area contributed by atoms with Crippen LogP contribution in [0.2, 0.25) is 0 Å². The van der Waals surface area contributed by atoms with Gasteiger partial charge in [0.05, 0.1) is 0 Å². The molecule has 0 aromatic heterocycles. The van der Waals surface area contributed by atoms with Crippen molar-refractivity contribution in [2.24, 2.45) is 41.4 Å². The second kappa shape index (κ2) is 44.1. The van der Waals surface area contributed by atoms with E-state index in [-0.39, 0.29) is 7.43 Å². The summed E-state index contributed by atoms with van der Waals surface area (Å²) in [5, 5.41) is 0.700. The highest BCUT2D eigenvalue weighted by Gasteiger charge is 2.32. The first-order valence-electron chi connectivity index (χ1n) is 24.0. The summed E-state index contributed by atoms with van der Waals surface area (Å²) in [5.74, 6) is 6.19. The molecule has 1 aromatic rings. The predicted octanol–water partition coefficient (Wildman–Crippen LogP) is 18.7. The average Bonchev–Trinajstić information content (AvgIpc) is 3.81. The highest BCUT2D eigenvalue weighted by molar-refractivity contribution is 7.81. The van der Waals surface area contributed by atoms with E-state index in [2.05, 4.69) is 104 Å². The van der Waals surface area contributed by atoms with Crippen LogP contribution in [-0.2, 0) is 6.54 Å². The molecule has 2 fully saturated rings. The molecule has 0 heterocycles. The first-order valence-corrected chi connectivity index (χ1v) is 24.5. The third kappa shape index (κ3) is 32.0. The van der Waals surface area contributed by atoms with Crippen LogP contribution in [-0.4, -0.2) is 24.2 Å². The van der Waals surface area contributed by atoms with Gasteiger partial charge < -0.3 is 4.90 Å². The molecule has 6 atom stereocenters.